The van der Waals surface area contributed by atoms with Gasteiger partial charge >= 0.3 is 0 Å². The van der Waals surface area contributed by atoms with Crippen LogP contribution in [-0.2, 0) is 9.47 Å². The third-order valence-electron chi connectivity index (χ3n) is 4.27. The Morgan fingerprint density at radius 2 is 1.78 bits per heavy atom. The van der Waals surface area contributed by atoms with E-state index in [2.05, 4.69) is 43.4 Å². The molecule has 0 bridgehead atoms. The maximum Gasteiger partial charge on any atom is 0.0771 e. The molecule has 0 aromatic carbocycles. The van der Waals surface area contributed by atoms with E-state index in [1.807, 2.05) is 0 Å². The van der Waals surface area contributed by atoms with Crippen LogP contribution in [0.2, 0.25) is 0 Å². The molecule has 1 rings (SSSR count). The van der Waals surface area contributed by atoms with Gasteiger partial charge in [0.05, 0.1) is 5.60 Å². The van der Waals surface area contributed by atoms with Gasteiger partial charge in [-0.3, -0.25) is 0 Å². The quantitative estimate of drug-likeness (QED) is 0.392. The van der Waals surface area contributed by atoms with E-state index in [1.165, 1.54) is 25.7 Å². The largest absolute Gasteiger partial charge is 0.385 e. The molecule has 1 fully saturated rings. The Balaban J connectivity index is 2.40. The monoisotopic (exact) mass is 368 g/mol. The van der Waals surface area contributed by atoms with Gasteiger partial charge in [-0.15, -0.1) is 0 Å². The highest BCUT2D eigenvalue weighted by molar-refractivity contribution is 14.1. The van der Waals surface area contributed by atoms with E-state index < -0.39 is 0 Å². The van der Waals surface area contributed by atoms with Crippen molar-refractivity contribution in [1.82, 2.24) is 0 Å². The van der Waals surface area contributed by atoms with Crippen molar-refractivity contribution in [2.24, 2.45) is 11.3 Å². The van der Waals surface area contributed by atoms with Gasteiger partial charge in [0.1, 0.15) is 0 Å². The number of halogens is 1. The van der Waals surface area contributed by atoms with Gasteiger partial charge in [0, 0.05) is 24.8 Å². The molecule has 0 unspecified atom stereocenters. The maximum atomic E-state index is 6.20. The lowest BCUT2D eigenvalue weighted by molar-refractivity contribution is -0.0717. The Kier molecular flexibility index (Phi) is 6.90. The van der Waals surface area contributed by atoms with Gasteiger partial charge in [0.25, 0.3) is 0 Å². The molecule has 0 amide bonds. The topological polar surface area (TPSA) is 18.5 Å². The zero-order valence-corrected chi connectivity index (χ0v) is 14.6. The fourth-order valence-electron chi connectivity index (χ4n) is 2.82. The van der Waals surface area contributed by atoms with Crippen LogP contribution >= 0.6 is 22.6 Å². The van der Waals surface area contributed by atoms with Crippen molar-refractivity contribution in [2.45, 2.75) is 58.5 Å². The molecule has 0 radical (unpaired) electrons. The molecular formula is C15H29IO2. The molecule has 0 aliphatic heterocycles. The third-order valence-corrected chi connectivity index (χ3v) is 5.66. The van der Waals surface area contributed by atoms with Gasteiger partial charge < -0.3 is 9.47 Å². The van der Waals surface area contributed by atoms with E-state index in [0.717, 1.165) is 30.0 Å². The summed E-state index contributed by atoms with van der Waals surface area (Å²) in [6.45, 7) is 8.76. The molecular weight excluding hydrogens is 339 g/mol. The lowest BCUT2D eigenvalue weighted by Gasteiger charge is -2.43. The average molecular weight is 368 g/mol. The van der Waals surface area contributed by atoms with Crippen LogP contribution in [0.15, 0.2) is 0 Å². The van der Waals surface area contributed by atoms with Crippen LogP contribution in [0.4, 0.5) is 0 Å². The maximum absolute atomic E-state index is 6.20. The Hall–Kier alpha value is 0.650. The minimum Gasteiger partial charge on any atom is -0.385 e. The Labute approximate surface area is 126 Å². The summed E-state index contributed by atoms with van der Waals surface area (Å²) >= 11 is 2.49. The minimum atomic E-state index is 0.149. The predicted molar refractivity (Wildman–Crippen MR) is 85.5 cm³/mol. The highest BCUT2D eigenvalue weighted by Crippen LogP contribution is 2.43. The summed E-state index contributed by atoms with van der Waals surface area (Å²) in [5.74, 6) is 0.858. The molecule has 0 saturated heterocycles. The molecule has 0 N–H and O–H groups in total. The number of hydrogen-bond acceptors (Lipinski definition) is 2. The summed E-state index contributed by atoms with van der Waals surface area (Å²) in [5, 5.41) is 0. The smallest absolute Gasteiger partial charge is 0.0771 e. The van der Waals surface area contributed by atoms with Crippen LogP contribution in [-0.4, -0.2) is 30.4 Å². The summed E-state index contributed by atoms with van der Waals surface area (Å²) < 4.78 is 12.4. The summed E-state index contributed by atoms with van der Waals surface area (Å²) in [4.78, 5) is 0. The van der Waals surface area contributed by atoms with Crippen LogP contribution in [0.1, 0.15) is 52.9 Å². The van der Waals surface area contributed by atoms with Gasteiger partial charge in [-0.05, 0) is 43.4 Å². The second kappa shape index (κ2) is 7.44. The van der Waals surface area contributed by atoms with E-state index >= 15 is 0 Å². The van der Waals surface area contributed by atoms with Crippen molar-refractivity contribution in [3.8, 4) is 0 Å². The molecule has 0 spiro atoms. The van der Waals surface area contributed by atoms with Crippen molar-refractivity contribution >= 4 is 22.6 Å². The van der Waals surface area contributed by atoms with Gasteiger partial charge in [-0.2, -0.15) is 0 Å². The second-order valence-electron chi connectivity index (χ2n) is 6.65. The SMILES string of the molecule is COCCCOC1(CI)CCC(C(C)(C)C)CC1. The van der Waals surface area contributed by atoms with Crippen molar-refractivity contribution < 1.29 is 9.47 Å². The van der Waals surface area contributed by atoms with Crippen molar-refractivity contribution in [2.75, 3.05) is 24.8 Å². The van der Waals surface area contributed by atoms with E-state index in [1.54, 1.807) is 7.11 Å². The molecule has 3 heteroatoms. The predicted octanol–water partition coefficient (Wildman–Crippen LogP) is 4.45. The number of alkyl halides is 1. The summed E-state index contributed by atoms with van der Waals surface area (Å²) in [7, 11) is 1.75. The van der Waals surface area contributed by atoms with Crippen molar-refractivity contribution in [1.29, 1.82) is 0 Å². The van der Waals surface area contributed by atoms with Crippen molar-refractivity contribution in [3.63, 3.8) is 0 Å². The normalized spacial score (nSPS) is 29.5. The average Bonchev–Trinajstić information content (AvgIpc) is 2.34. The molecule has 1 aliphatic carbocycles. The van der Waals surface area contributed by atoms with E-state index in [4.69, 9.17) is 9.47 Å². The Morgan fingerprint density at radius 1 is 1.17 bits per heavy atom. The van der Waals surface area contributed by atoms with Gasteiger partial charge in [0.2, 0.25) is 0 Å². The molecule has 1 saturated carbocycles. The zero-order chi connectivity index (χ0) is 13.6. The zero-order valence-electron chi connectivity index (χ0n) is 12.4. The Morgan fingerprint density at radius 3 is 2.22 bits per heavy atom. The molecule has 18 heavy (non-hydrogen) atoms. The standard InChI is InChI=1S/C15H29IO2/c1-14(2,3)13-6-8-15(12-16,9-7-13)18-11-5-10-17-4/h13H,5-12H2,1-4H3. The number of methoxy groups -OCH3 is 1. The summed E-state index contributed by atoms with van der Waals surface area (Å²) in [6, 6.07) is 0. The molecule has 1 aliphatic rings. The van der Waals surface area contributed by atoms with Gasteiger partial charge in [-0.1, -0.05) is 43.4 Å². The van der Waals surface area contributed by atoms with Crippen LogP contribution in [0, 0.1) is 11.3 Å². The van der Waals surface area contributed by atoms with Crippen LogP contribution in [0.3, 0.4) is 0 Å². The fraction of sp³-hybridized carbons (Fsp3) is 1.00. The first kappa shape index (κ1) is 16.7. The molecule has 0 heterocycles. The van der Waals surface area contributed by atoms with Crippen molar-refractivity contribution in [3.05, 3.63) is 0 Å². The number of rotatable bonds is 6. The van der Waals surface area contributed by atoms with Crippen LogP contribution in [0.25, 0.3) is 0 Å². The molecule has 2 nitrogen and oxygen atoms in total. The summed E-state index contributed by atoms with van der Waals surface area (Å²) in [5.41, 5.74) is 0.601. The first-order valence-electron chi connectivity index (χ1n) is 7.12. The van der Waals surface area contributed by atoms with E-state index in [9.17, 15) is 0 Å². The summed E-state index contributed by atoms with van der Waals surface area (Å²) in [6.07, 6.45) is 6.10. The minimum absolute atomic E-state index is 0.149. The Bertz CT molecular complexity index is 227. The molecule has 0 atom stereocenters. The van der Waals surface area contributed by atoms with E-state index in [0.29, 0.717) is 5.41 Å². The first-order chi connectivity index (χ1) is 8.43. The van der Waals surface area contributed by atoms with Gasteiger partial charge in [-0.25, -0.2) is 0 Å². The molecule has 0 aromatic heterocycles. The lowest BCUT2D eigenvalue weighted by Crippen LogP contribution is -2.41. The molecule has 0 aromatic rings. The van der Waals surface area contributed by atoms with Crippen LogP contribution in [0.5, 0.6) is 0 Å². The van der Waals surface area contributed by atoms with E-state index in [-0.39, 0.29) is 5.60 Å². The van der Waals surface area contributed by atoms with Crippen LogP contribution < -0.4 is 0 Å². The van der Waals surface area contributed by atoms with Gasteiger partial charge in [0.15, 0.2) is 0 Å². The number of hydrogen-bond donors (Lipinski definition) is 0. The molecule has 108 valence electrons. The lowest BCUT2D eigenvalue weighted by atomic mass is 9.69. The highest BCUT2D eigenvalue weighted by atomic mass is 127. The highest BCUT2D eigenvalue weighted by Gasteiger charge is 2.38. The fourth-order valence-corrected chi connectivity index (χ4v) is 3.80. The second-order valence-corrected chi connectivity index (χ2v) is 7.41. The third kappa shape index (κ3) is 4.97. The first-order valence-corrected chi connectivity index (χ1v) is 8.65. The number of ether oxygens (including phenoxy) is 2.